The van der Waals surface area contributed by atoms with Gasteiger partial charge in [-0.15, -0.1) is 11.8 Å². The molecule has 0 bridgehead atoms. The van der Waals surface area contributed by atoms with Gasteiger partial charge in [0.15, 0.2) is 5.13 Å². The minimum atomic E-state index is -0.485. The van der Waals surface area contributed by atoms with Crippen LogP contribution in [0.25, 0.3) is 10.6 Å². The van der Waals surface area contributed by atoms with Crippen LogP contribution in [0.15, 0.2) is 11.1 Å². The normalized spacial score (nSPS) is 16.8. The lowest BCUT2D eigenvalue weighted by atomic mass is 9.93. The van der Waals surface area contributed by atoms with E-state index in [2.05, 4.69) is 24.8 Å². The number of carbonyl (C=O) groups is 1. The fraction of sp³-hybridized carbons (Fsp3) is 0.462. The van der Waals surface area contributed by atoms with Gasteiger partial charge in [-0.1, -0.05) is 11.3 Å². The molecule has 1 amide bonds. The Morgan fingerprint density at radius 3 is 3.10 bits per heavy atom. The van der Waals surface area contributed by atoms with Crippen LogP contribution in [-0.2, 0) is 10.5 Å². The molecule has 1 aliphatic carbocycles. The van der Waals surface area contributed by atoms with E-state index in [1.807, 2.05) is 6.20 Å². The Morgan fingerprint density at radius 2 is 2.38 bits per heavy atom. The van der Waals surface area contributed by atoms with Crippen molar-refractivity contribution in [2.24, 2.45) is 0 Å². The maximum absolute atomic E-state index is 11.3. The maximum Gasteiger partial charge on any atom is 0.413 e. The average Bonchev–Trinajstić information content (AvgIpc) is 3.00. The van der Waals surface area contributed by atoms with E-state index < -0.39 is 6.09 Å². The first-order chi connectivity index (χ1) is 10.3. The number of rotatable bonds is 2. The zero-order valence-corrected chi connectivity index (χ0v) is 13.1. The van der Waals surface area contributed by atoms with Crippen LogP contribution in [-0.4, -0.2) is 28.0 Å². The fourth-order valence-electron chi connectivity index (χ4n) is 2.55. The molecule has 3 heterocycles. The lowest BCUT2D eigenvalue weighted by Gasteiger charge is -2.28. The molecule has 0 aromatic carbocycles. The lowest BCUT2D eigenvalue weighted by molar-refractivity contribution is 0.187. The Bertz CT molecular complexity index is 705. The number of carbonyl (C=O) groups excluding carboxylic acids is 1. The molecule has 0 unspecified atom stereocenters. The smallest absolute Gasteiger partial charge is 0.413 e. The predicted octanol–water partition coefficient (Wildman–Crippen LogP) is 3.52. The number of thiazole rings is 1. The second-order valence-corrected chi connectivity index (χ2v) is 7.10. The number of nitrogens with one attached hydrogen (secondary N) is 1. The number of nitrogens with zero attached hydrogens (tertiary/aromatic N) is 3. The molecule has 0 radical (unpaired) electrons. The number of anilines is 1. The van der Waals surface area contributed by atoms with Crippen LogP contribution in [0.3, 0.4) is 0 Å². The van der Waals surface area contributed by atoms with E-state index in [0.29, 0.717) is 11.2 Å². The van der Waals surface area contributed by atoms with Crippen LogP contribution in [0.1, 0.15) is 31.0 Å². The van der Waals surface area contributed by atoms with Gasteiger partial charge in [0.05, 0.1) is 40.5 Å². The Hall–Kier alpha value is -1.54. The van der Waals surface area contributed by atoms with Gasteiger partial charge in [0.25, 0.3) is 0 Å². The molecular formula is C13H14N4O2S2. The van der Waals surface area contributed by atoms with Crippen LogP contribution in [0.5, 0.6) is 0 Å². The van der Waals surface area contributed by atoms with Gasteiger partial charge in [0.2, 0.25) is 0 Å². The van der Waals surface area contributed by atoms with Gasteiger partial charge < -0.3 is 4.74 Å². The molecule has 1 saturated carbocycles. The largest absolute Gasteiger partial charge is 0.453 e. The summed E-state index contributed by atoms with van der Waals surface area (Å²) in [5, 5.41) is 7.81. The molecule has 6 nitrogen and oxygen atoms in total. The van der Waals surface area contributed by atoms with E-state index >= 15 is 0 Å². The highest BCUT2D eigenvalue weighted by molar-refractivity contribution is 7.98. The van der Waals surface area contributed by atoms with Crippen molar-refractivity contribution in [3.8, 4) is 10.6 Å². The summed E-state index contributed by atoms with van der Waals surface area (Å²) < 4.78 is 6.77. The number of methoxy groups -OCH3 is 1. The Kier molecular flexibility index (Phi) is 3.15. The Balaban J connectivity index is 1.73. The SMILES string of the molecule is COC(=O)Nc1nc2c(s1)-c1c(cnn1C1CCC1)SC2. The van der Waals surface area contributed by atoms with Gasteiger partial charge in [0.1, 0.15) is 0 Å². The van der Waals surface area contributed by atoms with Gasteiger partial charge in [-0.05, 0) is 19.3 Å². The molecule has 21 heavy (non-hydrogen) atoms. The van der Waals surface area contributed by atoms with Gasteiger partial charge in [-0.2, -0.15) is 5.10 Å². The van der Waals surface area contributed by atoms with Crippen LogP contribution in [0.2, 0.25) is 0 Å². The number of thioether (sulfide) groups is 1. The van der Waals surface area contributed by atoms with Gasteiger partial charge in [0, 0.05) is 5.75 Å². The lowest BCUT2D eigenvalue weighted by Crippen LogP contribution is -2.19. The van der Waals surface area contributed by atoms with Crippen molar-refractivity contribution in [1.29, 1.82) is 0 Å². The molecule has 0 saturated heterocycles. The van der Waals surface area contributed by atoms with Crippen molar-refractivity contribution in [3.05, 3.63) is 11.9 Å². The monoisotopic (exact) mass is 322 g/mol. The Labute approximate surface area is 129 Å². The van der Waals surface area contributed by atoms with E-state index in [1.165, 1.54) is 48.3 Å². The highest BCUT2D eigenvalue weighted by Gasteiger charge is 2.30. The first kappa shape index (κ1) is 13.1. The summed E-state index contributed by atoms with van der Waals surface area (Å²) in [6.45, 7) is 0. The summed E-state index contributed by atoms with van der Waals surface area (Å²) in [7, 11) is 1.35. The van der Waals surface area contributed by atoms with Gasteiger partial charge >= 0.3 is 6.09 Å². The standard InChI is InChI=1S/C13H14N4O2S2/c1-19-13(18)16-12-15-8-6-20-9-5-14-17(7-3-2-4-7)10(9)11(8)21-12/h5,7H,2-4,6H2,1H3,(H,15,16,18). The summed E-state index contributed by atoms with van der Waals surface area (Å²) in [6, 6.07) is 0.513. The van der Waals surface area contributed by atoms with Crippen LogP contribution in [0.4, 0.5) is 9.93 Å². The van der Waals surface area contributed by atoms with Crippen LogP contribution in [0, 0.1) is 0 Å². The molecule has 110 valence electrons. The summed E-state index contributed by atoms with van der Waals surface area (Å²) >= 11 is 3.25. The number of fused-ring (bicyclic) bond motifs is 3. The highest BCUT2D eigenvalue weighted by Crippen LogP contribution is 2.47. The molecule has 8 heteroatoms. The molecule has 0 atom stereocenters. The molecule has 2 aliphatic rings. The van der Waals surface area contributed by atoms with E-state index in [1.54, 1.807) is 11.8 Å². The molecular weight excluding hydrogens is 308 g/mol. The van der Waals surface area contributed by atoms with Crippen molar-refractivity contribution in [1.82, 2.24) is 14.8 Å². The zero-order valence-electron chi connectivity index (χ0n) is 11.5. The van der Waals surface area contributed by atoms with Crippen molar-refractivity contribution in [2.45, 2.75) is 36.0 Å². The molecule has 4 rings (SSSR count). The maximum atomic E-state index is 11.3. The van der Waals surface area contributed by atoms with Gasteiger partial charge in [-0.3, -0.25) is 10.00 Å². The Morgan fingerprint density at radius 1 is 1.52 bits per heavy atom. The number of hydrogen-bond acceptors (Lipinski definition) is 6. The third-order valence-electron chi connectivity index (χ3n) is 3.85. The zero-order chi connectivity index (χ0) is 14.4. The van der Waals surface area contributed by atoms with E-state index in [4.69, 9.17) is 0 Å². The average molecular weight is 322 g/mol. The van der Waals surface area contributed by atoms with E-state index in [-0.39, 0.29) is 0 Å². The first-order valence-electron chi connectivity index (χ1n) is 6.81. The molecule has 0 spiro atoms. The summed E-state index contributed by atoms with van der Waals surface area (Å²) in [6.07, 6.45) is 5.13. The van der Waals surface area contributed by atoms with Crippen molar-refractivity contribution >= 4 is 34.3 Å². The molecule has 2 aromatic heterocycles. The summed E-state index contributed by atoms with van der Waals surface area (Å²) in [5.41, 5.74) is 2.19. The van der Waals surface area contributed by atoms with E-state index in [0.717, 1.165) is 16.3 Å². The molecule has 1 aliphatic heterocycles. The first-order valence-corrected chi connectivity index (χ1v) is 8.62. The highest BCUT2D eigenvalue weighted by atomic mass is 32.2. The quantitative estimate of drug-likeness (QED) is 0.916. The second kappa shape index (κ2) is 5.03. The summed E-state index contributed by atoms with van der Waals surface area (Å²) in [4.78, 5) is 18.2. The molecule has 2 aromatic rings. The van der Waals surface area contributed by atoms with Crippen molar-refractivity contribution in [3.63, 3.8) is 0 Å². The number of amides is 1. The fourth-order valence-corrected chi connectivity index (χ4v) is 4.68. The van der Waals surface area contributed by atoms with E-state index in [9.17, 15) is 4.79 Å². The molecule has 1 fully saturated rings. The predicted molar refractivity (Wildman–Crippen MR) is 81.8 cm³/mol. The van der Waals surface area contributed by atoms with Crippen LogP contribution >= 0.6 is 23.1 Å². The van der Waals surface area contributed by atoms with Crippen molar-refractivity contribution in [2.75, 3.05) is 12.4 Å². The third kappa shape index (κ3) is 2.13. The minimum absolute atomic E-state index is 0.485. The minimum Gasteiger partial charge on any atom is -0.453 e. The second-order valence-electron chi connectivity index (χ2n) is 5.09. The number of aromatic nitrogens is 3. The van der Waals surface area contributed by atoms with Crippen molar-refractivity contribution < 1.29 is 9.53 Å². The van der Waals surface area contributed by atoms with Gasteiger partial charge in [-0.25, -0.2) is 9.78 Å². The topological polar surface area (TPSA) is 69.0 Å². The third-order valence-corrected chi connectivity index (χ3v) is 5.90. The van der Waals surface area contributed by atoms with Crippen LogP contribution < -0.4 is 5.32 Å². The molecule has 1 N–H and O–H groups in total. The number of ether oxygens (including phenoxy) is 1. The number of hydrogen-bond donors (Lipinski definition) is 1. The summed E-state index contributed by atoms with van der Waals surface area (Å²) in [5.74, 6) is 0.818.